The lowest BCUT2D eigenvalue weighted by Crippen LogP contribution is -2.39. The molecule has 0 saturated carbocycles. The molecule has 0 amide bonds. The lowest BCUT2D eigenvalue weighted by Gasteiger charge is -2.32. The molecule has 0 aromatic heterocycles. The zero-order valence-electron chi connectivity index (χ0n) is 11.4. The van der Waals surface area contributed by atoms with Crippen LogP contribution < -0.4 is 10.1 Å². The number of benzene rings is 1. The Labute approximate surface area is 114 Å². The van der Waals surface area contributed by atoms with E-state index < -0.39 is 0 Å². The second-order valence-electron chi connectivity index (χ2n) is 5.04. The van der Waals surface area contributed by atoms with Crippen LogP contribution in [0.2, 0.25) is 0 Å². The Balaban J connectivity index is 1.90. The predicted molar refractivity (Wildman–Crippen MR) is 72.6 cm³/mol. The molecule has 2 aliphatic rings. The Morgan fingerprint density at radius 1 is 1.26 bits per heavy atom. The summed E-state index contributed by atoms with van der Waals surface area (Å²) in [6, 6.07) is 6.51. The molecule has 2 heterocycles. The molecule has 1 fully saturated rings. The smallest absolute Gasteiger partial charge is 0.127 e. The Morgan fingerprint density at radius 2 is 2.21 bits per heavy atom. The van der Waals surface area contributed by atoms with Crippen LogP contribution >= 0.6 is 0 Å². The van der Waals surface area contributed by atoms with Crippen molar-refractivity contribution in [2.24, 2.45) is 0 Å². The monoisotopic (exact) mass is 263 g/mol. The van der Waals surface area contributed by atoms with Gasteiger partial charge in [0.1, 0.15) is 11.9 Å². The standard InChI is InChI=1S/C15H21NO3/c1-16-14(13-10-17-8-9-18-13)12-6-2-4-11-5-3-7-19-15(11)12/h2,4,6,13-14,16H,3,5,7-10H2,1H3. The van der Waals surface area contributed by atoms with E-state index in [9.17, 15) is 0 Å². The number of aryl methyl sites for hydroxylation is 1. The molecule has 1 aromatic carbocycles. The highest BCUT2D eigenvalue weighted by molar-refractivity contribution is 5.45. The number of likely N-dealkylation sites (N-methyl/N-ethyl adjacent to an activating group) is 1. The van der Waals surface area contributed by atoms with Crippen molar-refractivity contribution in [3.8, 4) is 5.75 Å². The van der Waals surface area contributed by atoms with Gasteiger partial charge in [0.25, 0.3) is 0 Å². The van der Waals surface area contributed by atoms with Crippen LogP contribution in [0, 0.1) is 0 Å². The minimum Gasteiger partial charge on any atom is -0.493 e. The number of fused-ring (bicyclic) bond motifs is 1. The fourth-order valence-electron chi connectivity index (χ4n) is 2.90. The molecule has 2 unspecified atom stereocenters. The first kappa shape index (κ1) is 12.9. The summed E-state index contributed by atoms with van der Waals surface area (Å²) in [5.41, 5.74) is 2.50. The van der Waals surface area contributed by atoms with E-state index in [1.54, 1.807) is 0 Å². The SMILES string of the molecule is CNC(c1cccc2c1OCCC2)C1COCCO1. The van der Waals surface area contributed by atoms with Gasteiger partial charge in [-0.2, -0.15) is 0 Å². The van der Waals surface area contributed by atoms with Crippen molar-refractivity contribution in [2.75, 3.05) is 33.5 Å². The molecule has 3 rings (SSSR count). The summed E-state index contributed by atoms with van der Waals surface area (Å²) in [6.07, 6.45) is 2.25. The van der Waals surface area contributed by atoms with Gasteiger partial charge in [0.05, 0.1) is 32.5 Å². The maximum absolute atomic E-state index is 5.89. The van der Waals surface area contributed by atoms with Crippen molar-refractivity contribution in [1.82, 2.24) is 5.32 Å². The van der Waals surface area contributed by atoms with E-state index in [2.05, 4.69) is 23.5 Å². The third-order valence-electron chi connectivity index (χ3n) is 3.82. The third-order valence-corrected chi connectivity index (χ3v) is 3.82. The van der Waals surface area contributed by atoms with Gasteiger partial charge in [-0.05, 0) is 25.5 Å². The van der Waals surface area contributed by atoms with E-state index >= 15 is 0 Å². The molecule has 4 nitrogen and oxygen atoms in total. The number of hydrogen-bond acceptors (Lipinski definition) is 4. The minimum absolute atomic E-state index is 0.0516. The van der Waals surface area contributed by atoms with E-state index in [0.29, 0.717) is 19.8 Å². The van der Waals surface area contributed by atoms with Gasteiger partial charge in [-0.3, -0.25) is 0 Å². The van der Waals surface area contributed by atoms with Crippen LogP contribution in [-0.2, 0) is 15.9 Å². The number of rotatable bonds is 3. The molecule has 1 N–H and O–H groups in total. The van der Waals surface area contributed by atoms with Gasteiger partial charge in [0.2, 0.25) is 0 Å². The zero-order valence-corrected chi connectivity index (χ0v) is 11.4. The Hall–Kier alpha value is -1.10. The van der Waals surface area contributed by atoms with Gasteiger partial charge in [-0.15, -0.1) is 0 Å². The van der Waals surface area contributed by atoms with Gasteiger partial charge in [-0.25, -0.2) is 0 Å². The quantitative estimate of drug-likeness (QED) is 0.901. The maximum atomic E-state index is 5.89. The van der Waals surface area contributed by atoms with E-state index in [4.69, 9.17) is 14.2 Å². The Kier molecular flexibility index (Phi) is 4.01. The predicted octanol–water partition coefficient (Wildman–Crippen LogP) is 1.69. The summed E-state index contributed by atoms with van der Waals surface area (Å²) < 4.78 is 17.2. The van der Waals surface area contributed by atoms with Crippen LogP contribution in [0.25, 0.3) is 0 Å². The van der Waals surface area contributed by atoms with E-state index in [0.717, 1.165) is 25.2 Å². The molecule has 0 radical (unpaired) electrons. The van der Waals surface area contributed by atoms with E-state index in [1.807, 2.05) is 7.05 Å². The van der Waals surface area contributed by atoms with Crippen LogP contribution in [0.1, 0.15) is 23.6 Å². The van der Waals surface area contributed by atoms with Crippen molar-refractivity contribution in [2.45, 2.75) is 25.0 Å². The molecule has 0 bridgehead atoms. The Bertz CT molecular complexity index is 429. The molecule has 2 aliphatic heterocycles. The molecule has 0 aliphatic carbocycles. The van der Waals surface area contributed by atoms with Gasteiger partial charge in [0.15, 0.2) is 0 Å². The minimum atomic E-state index is 0.0516. The average molecular weight is 263 g/mol. The molecule has 104 valence electrons. The normalized spacial score (nSPS) is 24.4. The summed E-state index contributed by atoms with van der Waals surface area (Å²) in [6.45, 7) is 2.80. The van der Waals surface area contributed by atoms with Crippen molar-refractivity contribution >= 4 is 0 Å². The van der Waals surface area contributed by atoms with Gasteiger partial charge >= 0.3 is 0 Å². The van der Waals surface area contributed by atoms with Crippen LogP contribution in [-0.4, -0.2) is 39.6 Å². The third kappa shape index (κ3) is 2.61. The van der Waals surface area contributed by atoms with Crippen molar-refractivity contribution in [1.29, 1.82) is 0 Å². The van der Waals surface area contributed by atoms with Gasteiger partial charge in [0, 0.05) is 5.56 Å². The molecule has 19 heavy (non-hydrogen) atoms. The fraction of sp³-hybridized carbons (Fsp3) is 0.600. The average Bonchev–Trinajstić information content (AvgIpc) is 2.49. The lowest BCUT2D eigenvalue weighted by molar-refractivity contribution is -0.102. The zero-order chi connectivity index (χ0) is 13.1. The first-order chi connectivity index (χ1) is 9.40. The van der Waals surface area contributed by atoms with Crippen LogP contribution in [0.4, 0.5) is 0 Å². The molecular formula is C15H21NO3. The van der Waals surface area contributed by atoms with Crippen LogP contribution in [0.15, 0.2) is 18.2 Å². The first-order valence-corrected chi connectivity index (χ1v) is 7.01. The summed E-state index contributed by atoms with van der Waals surface area (Å²) >= 11 is 0. The molecule has 4 heteroatoms. The second kappa shape index (κ2) is 5.90. The van der Waals surface area contributed by atoms with Crippen molar-refractivity contribution in [3.05, 3.63) is 29.3 Å². The topological polar surface area (TPSA) is 39.7 Å². The number of hydrogen-bond donors (Lipinski definition) is 1. The highest BCUT2D eigenvalue weighted by atomic mass is 16.6. The first-order valence-electron chi connectivity index (χ1n) is 7.01. The van der Waals surface area contributed by atoms with Crippen molar-refractivity contribution < 1.29 is 14.2 Å². The Morgan fingerprint density at radius 3 is 3.00 bits per heavy atom. The number of ether oxygens (including phenoxy) is 3. The lowest BCUT2D eigenvalue weighted by atomic mass is 9.95. The summed E-state index contributed by atoms with van der Waals surface area (Å²) in [7, 11) is 1.96. The second-order valence-corrected chi connectivity index (χ2v) is 5.04. The molecule has 0 spiro atoms. The van der Waals surface area contributed by atoms with E-state index in [-0.39, 0.29) is 12.1 Å². The highest BCUT2D eigenvalue weighted by Gasteiger charge is 2.29. The summed E-state index contributed by atoms with van der Waals surface area (Å²) in [5.74, 6) is 1.04. The van der Waals surface area contributed by atoms with E-state index in [1.165, 1.54) is 11.1 Å². The maximum Gasteiger partial charge on any atom is 0.127 e. The molecule has 1 saturated heterocycles. The largest absolute Gasteiger partial charge is 0.493 e. The molecule has 2 atom stereocenters. The summed E-state index contributed by atoms with van der Waals surface area (Å²) in [5, 5.41) is 3.35. The van der Waals surface area contributed by atoms with Crippen molar-refractivity contribution in [3.63, 3.8) is 0 Å². The fourth-order valence-corrected chi connectivity index (χ4v) is 2.90. The van der Waals surface area contributed by atoms with Crippen LogP contribution in [0.3, 0.4) is 0 Å². The van der Waals surface area contributed by atoms with Gasteiger partial charge in [-0.1, -0.05) is 18.2 Å². The summed E-state index contributed by atoms with van der Waals surface area (Å²) in [4.78, 5) is 0. The van der Waals surface area contributed by atoms with Gasteiger partial charge < -0.3 is 19.5 Å². The van der Waals surface area contributed by atoms with Crippen LogP contribution in [0.5, 0.6) is 5.75 Å². The molecular weight excluding hydrogens is 242 g/mol. The molecule has 1 aromatic rings. The number of nitrogens with one attached hydrogen (secondary N) is 1. The highest BCUT2D eigenvalue weighted by Crippen LogP contribution is 2.35. The number of para-hydroxylation sites is 1.